The van der Waals surface area contributed by atoms with Crippen molar-refractivity contribution in [2.75, 3.05) is 26.3 Å². The number of hydrogen-bond donors (Lipinski definition) is 1. The Hall–Kier alpha value is -1.88. The molecule has 24 heavy (non-hydrogen) atoms. The standard InChI is InChI=1S/C19H23NO4/c21-17(15-6-5-13-3-1-2-4-14(13)9-15)20-10-16-11-24-8-7-19(16,12-20)18(22)23/h5-6,9,16H,1-4,7-8,10-12H2,(H,22,23)/t16-,19+/m0/s1. The predicted octanol–water partition coefficient (Wildman–Crippen LogP) is 2.13. The van der Waals surface area contributed by atoms with Crippen LogP contribution in [0.4, 0.5) is 0 Å². The number of carboxylic acids is 1. The van der Waals surface area contributed by atoms with Gasteiger partial charge in [0.25, 0.3) is 5.91 Å². The SMILES string of the molecule is O=C(c1ccc2c(c1)CCCC2)N1C[C@H]2COCC[C@@]2(C(=O)O)C1. The van der Waals surface area contributed by atoms with E-state index in [0.717, 1.165) is 12.8 Å². The first kappa shape index (κ1) is 15.6. The average Bonchev–Trinajstić information content (AvgIpc) is 3.02. The molecule has 5 heteroatoms. The molecule has 2 fully saturated rings. The summed E-state index contributed by atoms with van der Waals surface area (Å²) < 4.78 is 5.47. The van der Waals surface area contributed by atoms with Gasteiger partial charge in [-0.15, -0.1) is 0 Å². The fraction of sp³-hybridized carbons (Fsp3) is 0.579. The summed E-state index contributed by atoms with van der Waals surface area (Å²) in [6.45, 7) is 1.67. The van der Waals surface area contributed by atoms with Gasteiger partial charge >= 0.3 is 5.97 Å². The van der Waals surface area contributed by atoms with Crippen LogP contribution in [0.5, 0.6) is 0 Å². The Labute approximate surface area is 141 Å². The molecule has 0 aromatic heterocycles. The van der Waals surface area contributed by atoms with Gasteiger partial charge < -0.3 is 14.7 Å². The number of likely N-dealkylation sites (tertiary alicyclic amines) is 1. The van der Waals surface area contributed by atoms with Crippen molar-refractivity contribution in [3.05, 3.63) is 34.9 Å². The molecular formula is C19H23NO4. The maximum atomic E-state index is 12.9. The van der Waals surface area contributed by atoms with Crippen LogP contribution in [0.25, 0.3) is 0 Å². The predicted molar refractivity (Wildman–Crippen MR) is 88.0 cm³/mol. The molecule has 1 aromatic carbocycles. The molecule has 2 heterocycles. The van der Waals surface area contributed by atoms with Crippen molar-refractivity contribution < 1.29 is 19.4 Å². The number of amides is 1. The second-order valence-corrected chi connectivity index (χ2v) is 7.36. The maximum Gasteiger partial charge on any atom is 0.311 e. The number of fused-ring (bicyclic) bond motifs is 2. The molecule has 5 nitrogen and oxygen atoms in total. The zero-order chi connectivity index (χ0) is 16.7. The van der Waals surface area contributed by atoms with Crippen LogP contribution in [0.2, 0.25) is 0 Å². The van der Waals surface area contributed by atoms with Crippen molar-refractivity contribution in [3.8, 4) is 0 Å². The Morgan fingerprint density at radius 2 is 2.00 bits per heavy atom. The lowest BCUT2D eigenvalue weighted by molar-refractivity contribution is -0.157. The number of ether oxygens (including phenoxy) is 1. The van der Waals surface area contributed by atoms with E-state index in [2.05, 4.69) is 6.07 Å². The highest BCUT2D eigenvalue weighted by Crippen LogP contribution is 2.43. The van der Waals surface area contributed by atoms with Gasteiger partial charge in [-0.25, -0.2) is 0 Å². The second kappa shape index (κ2) is 5.88. The van der Waals surface area contributed by atoms with Crippen LogP contribution >= 0.6 is 0 Å². The maximum absolute atomic E-state index is 12.9. The second-order valence-electron chi connectivity index (χ2n) is 7.36. The van der Waals surface area contributed by atoms with E-state index in [-0.39, 0.29) is 11.8 Å². The van der Waals surface area contributed by atoms with Crippen LogP contribution in [0, 0.1) is 11.3 Å². The Balaban J connectivity index is 1.58. The van der Waals surface area contributed by atoms with Gasteiger partial charge in [-0.3, -0.25) is 9.59 Å². The molecule has 0 radical (unpaired) electrons. The van der Waals surface area contributed by atoms with Crippen LogP contribution in [0.1, 0.15) is 40.7 Å². The van der Waals surface area contributed by atoms with Crippen LogP contribution in [-0.2, 0) is 22.4 Å². The number of nitrogens with zero attached hydrogens (tertiary/aromatic N) is 1. The summed E-state index contributed by atoms with van der Waals surface area (Å²) >= 11 is 0. The molecular weight excluding hydrogens is 306 g/mol. The Morgan fingerprint density at radius 1 is 1.21 bits per heavy atom. The van der Waals surface area contributed by atoms with Crippen LogP contribution in [0.3, 0.4) is 0 Å². The minimum atomic E-state index is -0.831. The van der Waals surface area contributed by atoms with E-state index in [0.29, 0.717) is 38.3 Å². The first-order valence-electron chi connectivity index (χ1n) is 8.82. The number of rotatable bonds is 2. The average molecular weight is 329 g/mol. The van der Waals surface area contributed by atoms with Crippen LogP contribution in [-0.4, -0.2) is 48.2 Å². The van der Waals surface area contributed by atoms with Gasteiger partial charge in [0, 0.05) is 31.2 Å². The molecule has 2 atom stereocenters. The van der Waals surface area contributed by atoms with Crippen LogP contribution in [0.15, 0.2) is 18.2 Å². The summed E-state index contributed by atoms with van der Waals surface area (Å²) in [5.74, 6) is -0.944. The number of carbonyl (C=O) groups excluding carboxylic acids is 1. The molecule has 0 spiro atoms. The molecule has 1 amide bonds. The van der Waals surface area contributed by atoms with Gasteiger partial charge in [0.15, 0.2) is 0 Å². The molecule has 1 N–H and O–H groups in total. The summed E-state index contributed by atoms with van der Waals surface area (Å²) in [7, 11) is 0. The lowest BCUT2D eigenvalue weighted by Crippen LogP contribution is -2.45. The number of carbonyl (C=O) groups is 2. The van der Waals surface area contributed by atoms with Gasteiger partial charge in [0.1, 0.15) is 0 Å². The van der Waals surface area contributed by atoms with Crippen molar-refractivity contribution in [2.45, 2.75) is 32.1 Å². The normalized spacial score (nSPS) is 29.0. The lowest BCUT2D eigenvalue weighted by Gasteiger charge is -2.33. The molecule has 0 unspecified atom stereocenters. The number of hydrogen-bond acceptors (Lipinski definition) is 3. The van der Waals surface area contributed by atoms with Crippen LogP contribution < -0.4 is 0 Å². The highest BCUT2D eigenvalue weighted by Gasteiger charge is 2.54. The van der Waals surface area contributed by atoms with E-state index in [4.69, 9.17) is 4.74 Å². The molecule has 3 aliphatic rings. The Kier molecular flexibility index (Phi) is 3.83. The van der Waals surface area contributed by atoms with Gasteiger partial charge in [-0.1, -0.05) is 6.07 Å². The summed E-state index contributed by atoms with van der Waals surface area (Å²) in [4.78, 5) is 26.5. The largest absolute Gasteiger partial charge is 0.481 e. The van der Waals surface area contributed by atoms with Gasteiger partial charge in [0.05, 0.1) is 12.0 Å². The van der Waals surface area contributed by atoms with E-state index in [1.807, 2.05) is 12.1 Å². The zero-order valence-electron chi connectivity index (χ0n) is 13.8. The third-order valence-electron chi connectivity index (χ3n) is 6.02. The van der Waals surface area contributed by atoms with E-state index >= 15 is 0 Å². The molecule has 0 bridgehead atoms. The van der Waals surface area contributed by atoms with Crippen molar-refractivity contribution in [1.82, 2.24) is 4.90 Å². The molecule has 2 saturated heterocycles. The quantitative estimate of drug-likeness (QED) is 0.902. The minimum Gasteiger partial charge on any atom is -0.481 e. The Morgan fingerprint density at radius 3 is 2.75 bits per heavy atom. The highest BCUT2D eigenvalue weighted by molar-refractivity contribution is 5.95. The lowest BCUT2D eigenvalue weighted by atomic mass is 9.74. The number of aryl methyl sites for hydroxylation is 2. The number of carboxylic acid groups (broad SMARTS) is 1. The minimum absolute atomic E-state index is 0.0431. The topological polar surface area (TPSA) is 66.8 Å². The molecule has 2 aliphatic heterocycles. The van der Waals surface area contributed by atoms with E-state index in [9.17, 15) is 14.7 Å². The summed E-state index contributed by atoms with van der Waals surface area (Å²) in [5.41, 5.74) is 2.49. The van der Waals surface area contributed by atoms with E-state index in [1.54, 1.807) is 4.90 Å². The molecule has 1 aromatic rings. The monoisotopic (exact) mass is 329 g/mol. The fourth-order valence-electron chi connectivity index (χ4n) is 4.50. The fourth-order valence-corrected chi connectivity index (χ4v) is 4.50. The molecule has 128 valence electrons. The first-order chi connectivity index (χ1) is 11.6. The van der Waals surface area contributed by atoms with Gasteiger partial charge in [-0.05, 0) is 55.4 Å². The van der Waals surface area contributed by atoms with Crippen molar-refractivity contribution in [2.24, 2.45) is 11.3 Å². The number of benzene rings is 1. The van der Waals surface area contributed by atoms with Gasteiger partial charge in [-0.2, -0.15) is 0 Å². The highest BCUT2D eigenvalue weighted by atomic mass is 16.5. The van der Waals surface area contributed by atoms with E-state index < -0.39 is 11.4 Å². The third kappa shape index (κ3) is 2.42. The summed E-state index contributed by atoms with van der Waals surface area (Å²) in [6, 6.07) is 5.99. The van der Waals surface area contributed by atoms with Crippen molar-refractivity contribution in [3.63, 3.8) is 0 Å². The van der Waals surface area contributed by atoms with Crippen molar-refractivity contribution in [1.29, 1.82) is 0 Å². The summed E-state index contributed by atoms with van der Waals surface area (Å²) in [5, 5.41) is 9.73. The smallest absolute Gasteiger partial charge is 0.311 e. The first-order valence-corrected chi connectivity index (χ1v) is 8.82. The summed E-state index contributed by atoms with van der Waals surface area (Å²) in [6.07, 6.45) is 5.01. The van der Waals surface area contributed by atoms with Crippen molar-refractivity contribution >= 4 is 11.9 Å². The zero-order valence-corrected chi connectivity index (χ0v) is 13.8. The molecule has 0 saturated carbocycles. The molecule has 4 rings (SSSR count). The van der Waals surface area contributed by atoms with Gasteiger partial charge in [0.2, 0.25) is 0 Å². The number of aliphatic carboxylic acids is 1. The third-order valence-corrected chi connectivity index (χ3v) is 6.02. The Bertz CT molecular complexity index is 686. The van der Waals surface area contributed by atoms with E-state index in [1.165, 1.54) is 24.0 Å². The molecule has 1 aliphatic carbocycles.